The van der Waals surface area contributed by atoms with Crippen LogP contribution in [0.15, 0.2) is 42.5 Å². The summed E-state index contributed by atoms with van der Waals surface area (Å²) in [5, 5.41) is 2.60. The molecule has 0 bridgehead atoms. The quantitative estimate of drug-likeness (QED) is 0.607. The van der Waals surface area contributed by atoms with Gasteiger partial charge in [0.15, 0.2) is 0 Å². The van der Waals surface area contributed by atoms with Crippen LogP contribution in [0.4, 0.5) is 18.9 Å². The Balaban J connectivity index is 2.12. The maximum Gasteiger partial charge on any atom is 0.417 e. The average molecular weight is 395 g/mol. The van der Waals surface area contributed by atoms with Gasteiger partial charge in [-0.1, -0.05) is 40.9 Å². The van der Waals surface area contributed by atoms with Crippen molar-refractivity contribution in [3.63, 3.8) is 0 Å². The van der Waals surface area contributed by atoms with E-state index in [1.165, 1.54) is 18.2 Å². The van der Waals surface area contributed by atoms with Crippen LogP contribution < -0.4 is 5.32 Å². The standard InChI is InChI=1S/C16H9Cl3F3NO/c17-12-5-3-10(8-11(12)16(20,21)22)23-15(24)6-2-9-1-4-13(18)14(19)7-9/h1-8H,(H,23,24)/b6-2+. The fourth-order valence-corrected chi connectivity index (χ4v) is 2.32. The third-order valence-electron chi connectivity index (χ3n) is 2.91. The molecule has 8 heteroatoms. The minimum Gasteiger partial charge on any atom is -0.322 e. The molecule has 0 atom stereocenters. The van der Waals surface area contributed by atoms with Crippen LogP contribution in [-0.2, 0) is 11.0 Å². The predicted octanol–water partition coefficient (Wildman–Crippen LogP) is 6.32. The highest BCUT2D eigenvalue weighted by Gasteiger charge is 2.33. The van der Waals surface area contributed by atoms with Crippen molar-refractivity contribution in [3.8, 4) is 0 Å². The van der Waals surface area contributed by atoms with Crippen molar-refractivity contribution in [2.24, 2.45) is 0 Å². The lowest BCUT2D eigenvalue weighted by Gasteiger charge is -2.11. The number of carbonyl (C=O) groups is 1. The molecule has 24 heavy (non-hydrogen) atoms. The number of anilines is 1. The first-order valence-corrected chi connectivity index (χ1v) is 7.61. The molecular weight excluding hydrogens is 386 g/mol. The minimum absolute atomic E-state index is 0.0180. The van der Waals surface area contributed by atoms with Crippen LogP contribution in [0.5, 0.6) is 0 Å². The summed E-state index contributed by atoms with van der Waals surface area (Å²) in [4.78, 5) is 11.8. The summed E-state index contributed by atoms with van der Waals surface area (Å²) in [6, 6.07) is 7.88. The van der Waals surface area contributed by atoms with Crippen molar-refractivity contribution in [2.45, 2.75) is 6.18 Å². The second-order valence-corrected chi connectivity index (χ2v) is 5.91. The molecule has 0 spiro atoms. The Morgan fingerprint density at radius 1 is 0.958 bits per heavy atom. The molecule has 126 valence electrons. The molecular formula is C16H9Cl3F3NO. The first-order valence-electron chi connectivity index (χ1n) is 6.47. The highest BCUT2D eigenvalue weighted by Crippen LogP contribution is 2.36. The lowest BCUT2D eigenvalue weighted by molar-refractivity contribution is -0.137. The summed E-state index contributed by atoms with van der Waals surface area (Å²) in [6.45, 7) is 0. The Labute approximate surface area is 150 Å². The number of hydrogen-bond acceptors (Lipinski definition) is 1. The maximum atomic E-state index is 12.8. The molecule has 0 radical (unpaired) electrons. The topological polar surface area (TPSA) is 29.1 Å². The Hall–Kier alpha value is -1.69. The van der Waals surface area contributed by atoms with Gasteiger partial charge >= 0.3 is 6.18 Å². The highest BCUT2D eigenvalue weighted by molar-refractivity contribution is 6.42. The number of alkyl halides is 3. The largest absolute Gasteiger partial charge is 0.417 e. The van der Waals surface area contributed by atoms with Crippen molar-refractivity contribution >= 4 is 52.5 Å². The lowest BCUT2D eigenvalue weighted by Crippen LogP contribution is -2.11. The van der Waals surface area contributed by atoms with Crippen LogP contribution >= 0.6 is 34.8 Å². The molecule has 0 saturated heterocycles. The first-order chi connectivity index (χ1) is 11.2. The van der Waals surface area contributed by atoms with Crippen LogP contribution in [0.2, 0.25) is 15.1 Å². The van der Waals surface area contributed by atoms with Crippen LogP contribution in [-0.4, -0.2) is 5.91 Å². The van der Waals surface area contributed by atoms with Gasteiger partial charge in [-0.25, -0.2) is 0 Å². The van der Waals surface area contributed by atoms with Crippen molar-refractivity contribution in [1.82, 2.24) is 0 Å². The monoisotopic (exact) mass is 393 g/mol. The van der Waals surface area contributed by atoms with Gasteiger partial charge in [0.25, 0.3) is 0 Å². The number of hydrogen-bond donors (Lipinski definition) is 1. The van der Waals surface area contributed by atoms with Crippen LogP contribution in [0.1, 0.15) is 11.1 Å². The minimum atomic E-state index is -4.60. The predicted molar refractivity (Wildman–Crippen MR) is 90.6 cm³/mol. The zero-order valence-corrected chi connectivity index (χ0v) is 14.1. The van der Waals surface area contributed by atoms with E-state index in [1.54, 1.807) is 18.2 Å². The number of amides is 1. The Morgan fingerprint density at radius 2 is 1.62 bits per heavy atom. The van der Waals surface area contributed by atoms with Gasteiger partial charge in [0.2, 0.25) is 5.91 Å². The molecule has 0 aliphatic carbocycles. The third-order valence-corrected chi connectivity index (χ3v) is 3.98. The smallest absolute Gasteiger partial charge is 0.322 e. The van der Waals surface area contributed by atoms with Crippen molar-refractivity contribution < 1.29 is 18.0 Å². The summed E-state index contributed by atoms with van der Waals surface area (Å²) in [7, 11) is 0. The first kappa shape index (κ1) is 18.6. The molecule has 2 aromatic carbocycles. The molecule has 0 aromatic heterocycles. The second kappa shape index (κ2) is 7.47. The molecule has 1 amide bonds. The number of carbonyl (C=O) groups excluding carboxylic acids is 1. The van der Waals surface area contributed by atoms with Gasteiger partial charge in [-0.15, -0.1) is 0 Å². The molecule has 2 nitrogen and oxygen atoms in total. The number of benzene rings is 2. The molecule has 0 unspecified atom stereocenters. The van der Waals surface area contributed by atoms with Crippen LogP contribution in [0, 0.1) is 0 Å². The summed E-state index contributed by atoms with van der Waals surface area (Å²) in [5.41, 5.74) is -0.419. The molecule has 0 aliphatic rings. The maximum absolute atomic E-state index is 12.8. The van der Waals surface area contributed by atoms with E-state index in [4.69, 9.17) is 34.8 Å². The zero-order chi connectivity index (χ0) is 17.9. The van der Waals surface area contributed by atoms with Gasteiger partial charge < -0.3 is 5.32 Å². The van der Waals surface area contributed by atoms with Crippen molar-refractivity contribution in [2.75, 3.05) is 5.32 Å². The number of halogens is 6. The van der Waals surface area contributed by atoms with E-state index in [0.717, 1.165) is 12.1 Å². The van der Waals surface area contributed by atoms with Gasteiger partial charge in [0.05, 0.1) is 20.6 Å². The molecule has 0 fully saturated rings. The number of nitrogens with one attached hydrogen (secondary N) is 1. The molecule has 2 rings (SSSR count). The van der Waals surface area contributed by atoms with E-state index in [1.807, 2.05) is 0 Å². The third kappa shape index (κ3) is 4.90. The highest BCUT2D eigenvalue weighted by atomic mass is 35.5. The van der Waals surface area contributed by atoms with E-state index in [0.29, 0.717) is 15.6 Å². The van der Waals surface area contributed by atoms with Crippen LogP contribution in [0.3, 0.4) is 0 Å². The fourth-order valence-electron chi connectivity index (χ4n) is 1.79. The Bertz CT molecular complexity index is 804. The van der Waals surface area contributed by atoms with E-state index < -0.39 is 22.7 Å². The lowest BCUT2D eigenvalue weighted by atomic mass is 10.2. The summed E-state index contributed by atoms with van der Waals surface area (Å²) in [5.74, 6) is -0.600. The van der Waals surface area contributed by atoms with Gasteiger partial charge in [-0.3, -0.25) is 4.79 Å². The molecule has 0 aliphatic heterocycles. The molecule has 1 N–H and O–H groups in total. The molecule has 2 aromatic rings. The average Bonchev–Trinajstić information content (AvgIpc) is 2.49. The Morgan fingerprint density at radius 3 is 2.25 bits per heavy atom. The van der Waals surface area contributed by atoms with Gasteiger partial charge in [0, 0.05) is 11.8 Å². The van der Waals surface area contributed by atoms with Crippen molar-refractivity contribution in [3.05, 3.63) is 68.7 Å². The van der Waals surface area contributed by atoms with Crippen molar-refractivity contribution in [1.29, 1.82) is 0 Å². The van der Waals surface area contributed by atoms with Gasteiger partial charge in [-0.2, -0.15) is 13.2 Å². The Kier molecular flexibility index (Phi) is 5.80. The fraction of sp³-hybridized carbons (Fsp3) is 0.0625. The second-order valence-electron chi connectivity index (χ2n) is 4.69. The summed E-state index contributed by atoms with van der Waals surface area (Å²) in [6.07, 6.45) is -1.98. The van der Waals surface area contributed by atoms with E-state index >= 15 is 0 Å². The summed E-state index contributed by atoms with van der Waals surface area (Å²) < 4.78 is 38.3. The van der Waals surface area contributed by atoms with E-state index in [9.17, 15) is 18.0 Å². The number of rotatable bonds is 3. The van der Waals surface area contributed by atoms with E-state index in [-0.39, 0.29) is 5.69 Å². The SMILES string of the molecule is O=C(/C=C/c1ccc(Cl)c(Cl)c1)Nc1ccc(Cl)c(C(F)(F)F)c1. The van der Waals surface area contributed by atoms with E-state index in [2.05, 4.69) is 5.32 Å². The van der Waals surface area contributed by atoms with Gasteiger partial charge in [0.1, 0.15) is 0 Å². The normalized spacial score (nSPS) is 11.8. The molecule has 0 saturated carbocycles. The zero-order valence-electron chi connectivity index (χ0n) is 11.8. The summed E-state index contributed by atoms with van der Waals surface area (Å²) >= 11 is 17.1. The van der Waals surface area contributed by atoms with Gasteiger partial charge in [-0.05, 0) is 42.0 Å². The van der Waals surface area contributed by atoms with Crippen LogP contribution in [0.25, 0.3) is 6.08 Å². The molecule has 0 heterocycles.